The summed E-state index contributed by atoms with van der Waals surface area (Å²) in [6, 6.07) is 3.62. The van der Waals surface area contributed by atoms with Gasteiger partial charge in [-0.05, 0) is 25.5 Å². The van der Waals surface area contributed by atoms with E-state index in [1.54, 1.807) is 24.2 Å². The van der Waals surface area contributed by atoms with Crippen molar-refractivity contribution in [2.24, 2.45) is 11.3 Å². The number of carbonyl (C=O) groups is 2. The van der Waals surface area contributed by atoms with Crippen LogP contribution in [0.25, 0.3) is 5.65 Å². The summed E-state index contributed by atoms with van der Waals surface area (Å²) in [7, 11) is 1.66. The molecule has 7 heteroatoms. The molecule has 2 atom stereocenters. The molecular weight excluding hydrogens is 320 g/mol. The maximum absolute atomic E-state index is 13.0. The van der Waals surface area contributed by atoms with Gasteiger partial charge in [-0.15, -0.1) is 0 Å². The van der Waals surface area contributed by atoms with Crippen LogP contribution in [0.5, 0.6) is 0 Å². The van der Waals surface area contributed by atoms with Crippen LogP contribution in [0, 0.1) is 18.3 Å². The highest BCUT2D eigenvalue weighted by Crippen LogP contribution is 2.42. The Morgan fingerprint density at radius 3 is 3.08 bits per heavy atom. The van der Waals surface area contributed by atoms with Crippen molar-refractivity contribution < 1.29 is 14.3 Å². The van der Waals surface area contributed by atoms with E-state index in [4.69, 9.17) is 4.74 Å². The summed E-state index contributed by atoms with van der Waals surface area (Å²) in [4.78, 5) is 31.7. The number of imidazole rings is 1. The van der Waals surface area contributed by atoms with Gasteiger partial charge in [-0.2, -0.15) is 0 Å². The molecular formula is C18H22N4O3. The van der Waals surface area contributed by atoms with Gasteiger partial charge >= 0.3 is 0 Å². The monoisotopic (exact) mass is 342 g/mol. The van der Waals surface area contributed by atoms with Crippen molar-refractivity contribution >= 4 is 17.5 Å². The zero-order valence-electron chi connectivity index (χ0n) is 14.5. The second-order valence-corrected chi connectivity index (χ2v) is 6.99. The molecule has 2 aromatic heterocycles. The van der Waals surface area contributed by atoms with E-state index in [0.717, 1.165) is 11.3 Å². The van der Waals surface area contributed by atoms with Crippen LogP contribution in [-0.4, -0.2) is 59.4 Å². The first-order chi connectivity index (χ1) is 12.0. The number of carbonyl (C=O) groups excluding carboxylic acids is 2. The Morgan fingerprint density at radius 2 is 2.28 bits per heavy atom. The number of aryl methyl sites for hydroxylation is 1. The third-order valence-corrected chi connectivity index (χ3v) is 5.62. The van der Waals surface area contributed by atoms with E-state index in [9.17, 15) is 9.59 Å². The van der Waals surface area contributed by atoms with E-state index >= 15 is 0 Å². The van der Waals surface area contributed by atoms with Crippen molar-refractivity contribution in [2.45, 2.75) is 13.3 Å². The molecule has 7 nitrogen and oxygen atoms in total. The first-order valence-electron chi connectivity index (χ1n) is 8.58. The molecule has 2 aliphatic rings. The molecule has 2 aromatic rings. The predicted octanol–water partition coefficient (Wildman–Crippen LogP) is 0.867. The molecule has 25 heavy (non-hydrogen) atoms. The van der Waals surface area contributed by atoms with E-state index in [2.05, 4.69) is 10.3 Å². The number of nitrogens with zero attached hydrogens (tertiary/aromatic N) is 3. The predicted molar refractivity (Wildman–Crippen MR) is 91.3 cm³/mol. The van der Waals surface area contributed by atoms with Crippen LogP contribution in [0.4, 0.5) is 0 Å². The lowest BCUT2D eigenvalue weighted by Gasteiger charge is -2.36. The molecule has 0 aromatic carbocycles. The Labute approximate surface area is 146 Å². The number of aromatic nitrogens is 2. The van der Waals surface area contributed by atoms with E-state index in [-0.39, 0.29) is 17.7 Å². The number of hydrogen-bond acceptors (Lipinski definition) is 4. The lowest BCUT2D eigenvalue weighted by molar-refractivity contribution is -0.138. The summed E-state index contributed by atoms with van der Waals surface area (Å²) in [5, 5.41) is 2.78. The van der Waals surface area contributed by atoms with Gasteiger partial charge in [0.25, 0.3) is 5.91 Å². The normalized spacial score (nSPS) is 25.8. The fourth-order valence-electron chi connectivity index (χ4n) is 4.15. The number of rotatable bonds is 2. The lowest BCUT2D eigenvalue weighted by atomic mass is 9.73. The summed E-state index contributed by atoms with van der Waals surface area (Å²) in [6.45, 7) is 4.05. The van der Waals surface area contributed by atoms with Crippen molar-refractivity contribution in [3.8, 4) is 0 Å². The van der Waals surface area contributed by atoms with Crippen LogP contribution in [0.15, 0.2) is 24.5 Å². The van der Waals surface area contributed by atoms with Crippen LogP contribution < -0.4 is 5.32 Å². The molecule has 2 fully saturated rings. The average molecular weight is 342 g/mol. The first kappa shape index (κ1) is 16.1. The molecule has 0 unspecified atom stereocenters. The van der Waals surface area contributed by atoms with E-state index < -0.39 is 5.41 Å². The third kappa shape index (κ3) is 2.41. The largest absolute Gasteiger partial charge is 0.381 e. The highest BCUT2D eigenvalue weighted by molar-refractivity contribution is 5.96. The fourth-order valence-corrected chi connectivity index (χ4v) is 4.15. The minimum Gasteiger partial charge on any atom is -0.381 e. The van der Waals surface area contributed by atoms with Crippen molar-refractivity contribution in [2.75, 3.05) is 33.4 Å². The SMILES string of the molecule is CNC(=O)[C@]12CCOC[C@H]1CN(C(=O)c1ccn3c(C)cnc3c1)C2. The molecule has 4 rings (SSSR count). The van der Waals surface area contributed by atoms with E-state index in [1.165, 1.54) is 0 Å². The summed E-state index contributed by atoms with van der Waals surface area (Å²) in [6.07, 6.45) is 4.30. The number of nitrogens with one attached hydrogen (secondary N) is 1. The number of fused-ring (bicyclic) bond motifs is 2. The van der Waals surface area contributed by atoms with Gasteiger partial charge in [-0.25, -0.2) is 4.98 Å². The zero-order chi connectivity index (χ0) is 17.6. The quantitative estimate of drug-likeness (QED) is 0.879. The molecule has 0 aliphatic carbocycles. The zero-order valence-corrected chi connectivity index (χ0v) is 14.5. The maximum Gasteiger partial charge on any atom is 0.254 e. The Kier molecular flexibility index (Phi) is 3.76. The number of ether oxygens (including phenoxy) is 1. The molecule has 4 heterocycles. The van der Waals surface area contributed by atoms with Gasteiger partial charge in [0.15, 0.2) is 0 Å². The lowest BCUT2D eigenvalue weighted by Crippen LogP contribution is -2.49. The molecule has 0 spiro atoms. The second-order valence-electron chi connectivity index (χ2n) is 6.99. The van der Waals surface area contributed by atoms with Crippen LogP contribution in [0.1, 0.15) is 22.5 Å². The number of hydrogen-bond donors (Lipinski definition) is 1. The van der Waals surface area contributed by atoms with Crippen LogP contribution >= 0.6 is 0 Å². The topological polar surface area (TPSA) is 75.9 Å². The summed E-state index contributed by atoms with van der Waals surface area (Å²) < 4.78 is 7.51. The van der Waals surface area contributed by atoms with E-state index in [0.29, 0.717) is 38.3 Å². The minimum absolute atomic E-state index is 0.00966. The average Bonchev–Trinajstić information content (AvgIpc) is 3.21. The maximum atomic E-state index is 13.0. The molecule has 0 saturated carbocycles. The van der Waals surface area contributed by atoms with Gasteiger partial charge < -0.3 is 19.4 Å². The molecule has 132 valence electrons. The highest BCUT2D eigenvalue weighted by Gasteiger charge is 2.54. The van der Waals surface area contributed by atoms with Crippen molar-refractivity contribution in [3.63, 3.8) is 0 Å². The second kappa shape index (κ2) is 5.84. The number of pyridine rings is 1. The summed E-state index contributed by atoms with van der Waals surface area (Å²) in [5.41, 5.74) is 1.85. The van der Waals surface area contributed by atoms with Crippen LogP contribution in [0.2, 0.25) is 0 Å². The molecule has 2 amide bonds. The van der Waals surface area contributed by atoms with Crippen LogP contribution in [-0.2, 0) is 9.53 Å². The van der Waals surface area contributed by atoms with Gasteiger partial charge in [0.05, 0.1) is 12.0 Å². The molecule has 2 aliphatic heterocycles. The van der Waals surface area contributed by atoms with Gasteiger partial charge in [-0.1, -0.05) is 0 Å². The molecule has 1 N–H and O–H groups in total. The Hall–Kier alpha value is -2.41. The third-order valence-electron chi connectivity index (χ3n) is 5.62. The Balaban J connectivity index is 1.62. The van der Waals surface area contributed by atoms with Crippen molar-refractivity contribution in [3.05, 3.63) is 35.8 Å². The number of amides is 2. The van der Waals surface area contributed by atoms with Crippen molar-refractivity contribution in [1.82, 2.24) is 19.6 Å². The Morgan fingerprint density at radius 1 is 1.44 bits per heavy atom. The molecule has 0 radical (unpaired) electrons. The summed E-state index contributed by atoms with van der Waals surface area (Å²) >= 11 is 0. The van der Waals surface area contributed by atoms with Gasteiger partial charge in [0.2, 0.25) is 5.91 Å². The first-order valence-corrected chi connectivity index (χ1v) is 8.58. The minimum atomic E-state index is -0.531. The van der Waals surface area contributed by atoms with Gasteiger partial charge in [-0.3, -0.25) is 9.59 Å². The standard InChI is InChI=1S/C18H22N4O3/c1-12-8-20-15-7-13(3-5-22(12)15)16(23)21-9-14-10-25-6-4-18(14,11-21)17(24)19-2/h3,5,7-8,14H,4,6,9-11H2,1-2H3,(H,19,24)/t14-,18+/m1/s1. The highest BCUT2D eigenvalue weighted by atomic mass is 16.5. The van der Waals surface area contributed by atoms with Gasteiger partial charge in [0, 0.05) is 56.3 Å². The van der Waals surface area contributed by atoms with Crippen molar-refractivity contribution in [1.29, 1.82) is 0 Å². The van der Waals surface area contributed by atoms with Gasteiger partial charge in [0.1, 0.15) is 5.65 Å². The number of likely N-dealkylation sites (tertiary alicyclic amines) is 1. The van der Waals surface area contributed by atoms with E-state index in [1.807, 2.05) is 23.6 Å². The molecule has 0 bridgehead atoms. The smallest absolute Gasteiger partial charge is 0.254 e. The summed E-state index contributed by atoms with van der Waals surface area (Å²) in [5.74, 6) is -0.00110. The fraction of sp³-hybridized carbons (Fsp3) is 0.500. The Bertz CT molecular complexity index is 846. The van der Waals surface area contributed by atoms with Crippen LogP contribution in [0.3, 0.4) is 0 Å². The molecule has 2 saturated heterocycles.